The molecule has 0 amide bonds. The molecule has 0 aliphatic heterocycles. The maximum absolute atomic E-state index is 13.1. The molecule has 3 atom stereocenters. The minimum absolute atomic E-state index is 0.449. The summed E-state index contributed by atoms with van der Waals surface area (Å²) in [6.07, 6.45) is 1.04. The van der Waals surface area contributed by atoms with E-state index in [0.29, 0.717) is 5.56 Å². The Kier molecular flexibility index (Phi) is 2.49. The molecule has 0 saturated heterocycles. The van der Waals surface area contributed by atoms with Crippen molar-refractivity contribution in [3.63, 3.8) is 0 Å². The van der Waals surface area contributed by atoms with Crippen LogP contribution < -0.4 is 5.73 Å². The molecular formula is C11H11FN2O2S. The van der Waals surface area contributed by atoms with E-state index >= 15 is 0 Å². The lowest BCUT2D eigenvalue weighted by molar-refractivity contribution is 0.597. The SMILES string of the molecule is CS(=O)(=O)[C@@H]1[C@@H](c2cccc(F)c2)[C@]1(N)C#N. The van der Waals surface area contributed by atoms with Gasteiger partial charge in [0.15, 0.2) is 9.84 Å². The zero-order valence-corrected chi connectivity index (χ0v) is 9.91. The fraction of sp³-hybridized carbons (Fsp3) is 0.364. The first-order valence-corrected chi connectivity index (χ1v) is 6.90. The Labute approximate surface area is 98.8 Å². The summed E-state index contributed by atoms with van der Waals surface area (Å²) in [6.45, 7) is 0. The molecule has 4 nitrogen and oxygen atoms in total. The molecular weight excluding hydrogens is 243 g/mol. The second kappa shape index (κ2) is 3.52. The maximum Gasteiger partial charge on any atom is 0.153 e. The predicted octanol–water partition coefficient (Wildman–Crippen LogP) is 0.557. The maximum atomic E-state index is 13.1. The van der Waals surface area contributed by atoms with Crippen molar-refractivity contribution >= 4 is 9.84 Å². The summed E-state index contributed by atoms with van der Waals surface area (Å²) in [5.74, 6) is -1.12. The number of halogens is 1. The Balaban J connectivity index is 2.46. The molecule has 2 rings (SSSR count). The third kappa shape index (κ3) is 1.81. The van der Waals surface area contributed by atoms with Crippen LogP contribution in [-0.2, 0) is 9.84 Å². The smallest absolute Gasteiger partial charge is 0.153 e. The molecule has 0 heterocycles. The van der Waals surface area contributed by atoms with Crippen LogP contribution in [0.1, 0.15) is 11.5 Å². The Hall–Kier alpha value is -1.45. The Bertz CT molecular complexity index is 608. The highest BCUT2D eigenvalue weighted by atomic mass is 32.2. The van der Waals surface area contributed by atoms with Crippen molar-refractivity contribution in [2.24, 2.45) is 5.73 Å². The van der Waals surface area contributed by atoms with E-state index in [1.54, 1.807) is 6.07 Å². The van der Waals surface area contributed by atoms with Crippen molar-refractivity contribution in [2.45, 2.75) is 16.7 Å². The molecule has 0 unspecified atom stereocenters. The molecule has 0 bridgehead atoms. The highest BCUT2D eigenvalue weighted by Gasteiger charge is 2.69. The van der Waals surface area contributed by atoms with E-state index < -0.39 is 32.4 Å². The van der Waals surface area contributed by atoms with Gasteiger partial charge in [0.1, 0.15) is 16.6 Å². The van der Waals surface area contributed by atoms with Gasteiger partial charge in [-0.05, 0) is 17.7 Å². The van der Waals surface area contributed by atoms with Gasteiger partial charge in [-0.1, -0.05) is 12.1 Å². The van der Waals surface area contributed by atoms with E-state index in [9.17, 15) is 12.8 Å². The van der Waals surface area contributed by atoms with Gasteiger partial charge in [-0.25, -0.2) is 12.8 Å². The average molecular weight is 254 g/mol. The molecule has 0 aromatic heterocycles. The van der Waals surface area contributed by atoms with Crippen LogP contribution in [0.15, 0.2) is 24.3 Å². The number of hydrogen-bond donors (Lipinski definition) is 1. The lowest BCUT2D eigenvalue weighted by atomic mass is 10.1. The predicted molar refractivity (Wildman–Crippen MR) is 60.3 cm³/mol. The summed E-state index contributed by atoms with van der Waals surface area (Å²) >= 11 is 0. The summed E-state index contributed by atoms with van der Waals surface area (Å²) in [6, 6.07) is 7.34. The van der Waals surface area contributed by atoms with E-state index in [2.05, 4.69) is 0 Å². The summed E-state index contributed by atoms with van der Waals surface area (Å²) in [5, 5.41) is 8.01. The number of benzene rings is 1. The van der Waals surface area contributed by atoms with Gasteiger partial charge in [-0.3, -0.25) is 0 Å². The van der Waals surface area contributed by atoms with Gasteiger partial charge in [0.05, 0.1) is 6.07 Å². The Morgan fingerprint density at radius 1 is 1.53 bits per heavy atom. The van der Waals surface area contributed by atoms with E-state index in [-0.39, 0.29) is 0 Å². The highest BCUT2D eigenvalue weighted by Crippen LogP contribution is 2.53. The first-order chi connectivity index (χ1) is 7.80. The van der Waals surface area contributed by atoms with Crippen LogP contribution in [0.25, 0.3) is 0 Å². The van der Waals surface area contributed by atoms with Crippen LogP contribution in [0, 0.1) is 17.1 Å². The van der Waals surface area contributed by atoms with Crippen LogP contribution in [0.2, 0.25) is 0 Å². The monoisotopic (exact) mass is 254 g/mol. The zero-order chi connectivity index (χ0) is 12.8. The molecule has 1 aliphatic carbocycles. The minimum atomic E-state index is -3.43. The number of sulfone groups is 1. The molecule has 1 fully saturated rings. The number of nitrogens with zero attached hydrogens (tertiary/aromatic N) is 1. The van der Waals surface area contributed by atoms with Crippen molar-refractivity contribution in [3.8, 4) is 6.07 Å². The van der Waals surface area contributed by atoms with Crippen LogP contribution in [-0.4, -0.2) is 25.5 Å². The van der Waals surface area contributed by atoms with Crippen molar-refractivity contribution < 1.29 is 12.8 Å². The van der Waals surface area contributed by atoms with Crippen molar-refractivity contribution in [2.75, 3.05) is 6.26 Å². The van der Waals surface area contributed by atoms with Gasteiger partial charge in [0.2, 0.25) is 0 Å². The standard InChI is InChI=1S/C11H11FN2O2S/c1-17(15,16)10-9(11(10,14)6-13)7-3-2-4-8(12)5-7/h2-5,9-10H,14H2,1H3/t9-,10-,11-/m1/s1. The van der Waals surface area contributed by atoms with Gasteiger partial charge in [0.25, 0.3) is 0 Å². The van der Waals surface area contributed by atoms with Crippen molar-refractivity contribution in [1.82, 2.24) is 0 Å². The van der Waals surface area contributed by atoms with Crippen LogP contribution in [0.3, 0.4) is 0 Å². The summed E-state index contributed by atoms with van der Waals surface area (Å²) in [4.78, 5) is 0. The van der Waals surface area contributed by atoms with E-state index in [1.807, 2.05) is 6.07 Å². The molecule has 1 aliphatic rings. The highest BCUT2D eigenvalue weighted by molar-refractivity contribution is 7.91. The molecule has 17 heavy (non-hydrogen) atoms. The van der Waals surface area contributed by atoms with Crippen molar-refractivity contribution in [3.05, 3.63) is 35.6 Å². The van der Waals surface area contributed by atoms with Gasteiger partial charge >= 0.3 is 0 Å². The first-order valence-electron chi connectivity index (χ1n) is 4.95. The third-order valence-corrected chi connectivity index (χ3v) is 4.63. The fourth-order valence-electron chi connectivity index (χ4n) is 2.26. The second-order valence-corrected chi connectivity index (χ2v) is 6.49. The normalized spacial score (nSPS) is 31.9. The van der Waals surface area contributed by atoms with E-state index in [0.717, 1.165) is 6.26 Å². The first kappa shape index (κ1) is 12.0. The quantitative estimate of drug-likeness (QED) is 0.835. The number of nitrogens with two attached hydrogens (primary N) is 1. The van der Waals surface area contributed by atoms with Gasteiger partial charge < -0.3 is 5.73 Å². The molecule has 1 aromatic rings. The molecule has 6 heteroatoms. The molecule has 0 spiro atoms. The van der Waals surface area contributed by atoms with Gasteiger partial charge in [-0.2, -0.15) is 5.26 Å². The second-order valence-electron chi connectivity index (χ2n) is 4.33. The van der Waals surface area contributed by atoms with E-state index in [4.69, 9.17) is 11.0 Å². The zero-order valence-electron chi connectivity index (χ0n) is 9.09. The molecule has 90 valence electrons. The summed E-state index contributed by atoms with van der Waals surface area (Å²) < 4.78 is 36.1. The molecule has 2 N–H and O–H groups in total. The van der Waals surface area contributed by atoms with Crippen LogP contribution in [0.4, 0.5) is 4.39 Å². The van der Waals surface area contributed by atoms with Gasteiger partial charge in [0, 0.05) is 12.2 Å². The van der Waals surface area contributed by atoms with Gasteiger partial charge in [-0.15, -0.1) is 0 Å². The van der Waals surface area contributed by atoms with Crippen LogP contribution >= 0.6 is 0 Å². The van der Waals surface area contributed by atoms with Crippen LogP contribution in [0.5, 0.6) is 0 Å². The molecule has 1 aromatic carbocycles. The number of rotatable bonds is 2. The number of hydrogen-bond acceptors (Lipinski definition) is 4. The molecule has 1 saturated carbocycles. The summed E-state index contributed by atoms with van der Waals surface area (Å²) in [5.41, 5.74) is 4.75. The third-order valence-electron chi connectivity index (χ3n) is 3.04. The Morgan fingerprint density at radius 3 is 2.59 bits per heavy atom. The van der Waals surface area contributed by atoms with Crippen molar-refractivity contribution in [1.29, 1.82) is 5.26 Å². The number of nitriles is 1. The topological polar surface area (TPSA) is 83.9 Å². The average Bonchev–Trinajstić information content (AvgIpc) is 2.86. The fourth-order valence-corrected chi connectivity index (χ4v) is 3.97. The lowest BCUT2D eigenvalue weighted by Gasteiger charge is -2.00. The van der Waals surface area contributed by atoms with E-state index in [1.165, 1.54) is 18.2 Å². The lowest BCUT2D eigenvalue weighted by Crippen LogP contribution is -2.28. The Morgan fingerprint density at radius 2 is 2.18 bits per heavy atom. The summed E-state index contributed by atoms with van der Waals surface area (Å²) in [7, 11) is -3.43. The largest absolute Gasteiger partial charge is 0.312 e. The minimum Gasteiger partial charge on any atom is -0.312 e. The molecule has 0 radical (unpaired) electrons.